The molecular formula is C13H13N5O4. The van der Waals surface area contributed by atoms with E-state index >= 15 is 0 Å². The maximum atomic E-state index is 11.7. The van der Waals surface area contributed by atoms with E-state index in [4.69, 9.17) is 0 Å². The first kappa shape index (κ1) is 15.2. The number of hydrazone groups is 1. The lowest BCUT2D eigenvalue weighted by atomic mass is 10.2. The zero-order valence-corrected chi connectivity index (χ0v) is 11.9. The van der Waals surface area contributed by atoms with Gasteiger partial charge in [0.25, 0.3) is 0 Å². The van der Waals surface area contributed by atoms with E-state index in [2.05, 4.69) is 25.6 Å². The molecule has 0 aliphatic carbocycles. The van der Waals surface area contributed by atoms with Crippen molar-refractivity contribution in [1.82, 2.24) is 10.6 Å². The lowest BCUT2D eigenvalue weighted by Gasteiger charge is -2.01. The molecule has 9 nitrogen and oxygen atoms in total. The van der Waals surface area contributed by atoms with E-state index in [0.29, 0.717) is 11.3 Å². The van der Waals surface area contributed by atoms with Gasteiger partial charge in [-0.05, 0) is 22.6 Å². The first-order chi connectivity index (χ1) is 10.5. The molecule has 2 aromatic rings. The van der Waals surface area contributed by atoms with E-state index in [9.17, 15) is 14.8 Å². The van der Waals surface area contributed by atoms with E-state index in [-0.39, 0.29) is 22.2 Å². The van der Waals surface area contributed by atoms with Gasteiger partial charge in [0, 0.05) is 19.5 Å². The van der Waals surface area contributed by atoms with E-state index in [1.54, 1.807) is 24.3 Å². The van der Waals surface area contributed by atoms with Gasteiger partial charge in [0.1, 0.15) is 0 Å². The quantitative estimate of drug-likeness (QED) is 0.479. The van der Waals surface area contributed by atoms with Gasteiger partial charge in [-0.1, -0.05) is 12.1 Å². The molecule has 0 aliphatic rings. The van der Waals surface area contributed by atoms with Crippen molar-refractivity contribution >= 4 is 23.7 Å². The summed E-state index contributed by atoms with van der Waals surface area (Å²) >= 11 is 0. The molecule has 0 fully saturated rings. The smallest absolute Gasteiger partial charge is 0.322 e. The van der Waals surface area contributed by atoms with Crippen LogP contribution in [0.5, 0.6) is 0 Å². The summed E-state index contributed by atoms with van der Waals surface area (Å²) in [6.07, 6.45) is 1.41. The third-order valence-corrected chi connectivity index (χ3v) is 2.65. The Labute approximate surface area is 125 Å². The number of nitrogens with one attached hydrogen (secondary N) is 2. The molecule has 0 spiro atoms. The van der Waals surface area contributed by atoms with E-state index < -0.39 is 5.91 Å². The molecule has 0 radical (unpaired) electrons. The Hall–Kier alpha value is -3.23. The van der Waals surface area contributed by atoms with Crippen LogP contribution in [-0.2, 0) is 4.79 Å². The first-order valence-corrected chi connectivity index (χ1v) is 6.25. The largest absolute Gasteiger partial charge is 0.359 e. The Bertz CT molecular complexity index is 721. The predicted molar refractivity (Wildman–Crippen MR) is 76.0 cm³/mol. The highest BCUT2D eigenvalue weighted by Gasteiger charge is 2.22. The highest BCUT2D eigenvalue weighted by molar-refractivity contribution is 5.93. The summed E-state index contributed by atoms with van der Waals surface area (Å²) in [5.41, 5.74) is 3.52. The lowest BCUT2D eigenvalue weighted by Crippen LogP contribution is -2.28. The molecule has 0 saturated carbocycles. The highest BCUT2D eigenvalue weighted by atomic mass is 16.8. The summed E-state index contributed by atoms with van der Waals surface area (Å²) in [6, 6.07) is 6.83. The minimum Gasteiger partial charge on any atom is -0.359 e. The highest BCUT2D eigenvalue weighted by Crippen LogP contribution is 2.07. The van der Waals surface area contributed by atoms with E-state index in [0.717, 1.165) is 0 Å². The van der Waals surface area contributed by atoms with Crippen molar-refractivity contribution in [1.29, 1.82) is 0 Å². The maximum Gasteiger partial charge on any atom is 0.322 e. The molecule has 114 valence electrons. The summed E-state index contributed by atoms with van der Waals surface area (Å²) in [4.78, 5) is 22.7. The van der Waals surface area contributed by atoms with E-state index in [1.165, 1.54) is 20.1 Å². The number of aromatic nitrogens is 2. The zero-order valence-electron chi connectivity index (χ0n) is 11.9. The van der Waals surface area contributed by atoms with Crippen LogP contribution in [0.4, 0.5) is 5.69 Å². The molecule has 1 heterocycles. The predicted octanol–water partition coefficient (Wildman–Crippen LogP) is 0.339. The Morgan fingerprint density at radius 3 is 2.59 bits per heavy atom. The average Bonchev–Trinajstić information content (AvgIpc) is 2.80. The second-order valence-corrected chi connectivity index (χ2v) is 4.37. The van der Waals surface area contributed by atoms with Gasteiger partial charge in [-0.3, -0.25) is 14.2 Å². The SMILES string of the molecule is CC(=O)Nc1ccc(/C=N/NC(=O)c2no[n+]([O-])c2C)cc1. The molecule has 0 bridgehead atoms. The molecule has 0 aliphatic heterocycles. The van der Waals surface area contributed by atoms with Crippen molar-refractivity contribution in [2.75, 3.05) is 5.32 Å². The van der Waals surface area contributed by atoms with Crippen LogP contribution in [0.25, 0.3) is 0 Å². The van der Waals surface area contributed by atoms with Crippen molar-refractivity contribution in [3.05, 3.63) is 46.4 Å². The van der Waals surface area contributed by atoms with Gasteiger partial charge in [-0.2, -0.15) is 5.10 Å². The number of carbonyl (C=O) groups is 2. The van der Waals surface area contributed by atoms with Crippen molar-refractivity contribution in [3.8, 4) is 0 Å². The van der Waals surface area contributed by atoms with Gasteiger partial charge in [0.05, 0.1) is 11.4 Å². The molecule has 2 amide bonds. The van der Waals surface area contributed by atoms with Crippen LogP contribution in [0.3, 0.4) is 0 Å². The summed E-state index contributed by atoms with van der Waals surface area (Å²) < 4.78 is 4.29. The molecule has 0 unspecified atom stereocenters. The zero-order chi connectivity index (χ0) is 16.1. The summed E-state index contributed by atoms with van der Waals surface area (Å²) in [7, 11) is 0. The Balaban J connectivity index is 1.96. The number of nitrogens with zero attached hydrogens (tertiary/aromatic N) is 3. The molecule has 2 rings (SSSR count). The monoisotopic (exact) mass is 303 g/mol. The van der Waals surface area contributed by atoms with Crippen molar-refractivity contribution in [2.45, 2.75) is 13.8 Å². The lowest BCUT2D eigenvalue weighted by molar-refractivity contribution is -0.806. The van der Waals surface area contributed by atoms with Crippen LogP contribution in [-0.4, -0.2) is 23.2 Å². The fraction of sp³-hybridized carbons (Fsp3) is 0.154. The third-order valence-electron chi connectivity index (χ3n) is 2.65. The van der Waals surface area contributed by atoms with Crippen molar-refractivity contribution < 1.29 is 19.1 Å². The molecule has 2 N–H and O–H groups in total. The van der Waals surface area contributed by atoms with Gasteiger partial charge >= 0.3 is 11.6 Å². The minimum absolute atomic E-state index is 0.0485. The van der Waals surface area contributed by atoms with E-state index in [1.807, 2.05) is 0 Å². The fourth-order valence-corrected chi connectivity index (χ4v) is 1.57. The van der Waals surface area contributed by atoms with Crippen LogP contribution in [0.1, 0.15) is 28.7 Å². The number of hydrogen-bond donors (Lipinski definition) is 2. The molecule has 0 saturated heterocycles. The second kappa shape index (κ2) is 6.48. The van der Waals surface area contributed by atoms with Crippen LogP contribution in [0.15, 0.2) is 34.0 Å². The number of anilines is 1. The topological polar surface area (TPSA) is 124 Å². The van der Waals surface area contributed by atoms with Gasteiger partial charge < -0.3 is 10.5 Å². The van der Waals surface area contributed by atoms with Crippen LogP contribution < -0.4 is 15.6 Å². The van der Waals surface area contributed by atoms with Gasteiger partial charge in [-0.15, -0.1) is 0 Å². The fourth-order valence-electron chi connectivity index (χ4n) is 1.57. The van der Waals surface area contributed by atoms with Crippen LogP contribution >= 0.6 is 0 Å². The molecule has 1 aromatic carbocycles. The third kappa shape index (κ3) is 3.66. The minimum atomic E-state index is -0.651. The molecule has 9 heteroatoms. The maximum absolute atomic E-state index is 11.7. The summed E-state index contributed by atoms with van der Waals surface area (Å²) in [5, 5.41) is 20.7. The molecule has 22 heavy (non-hydrogen) atoms. The average molecular weight is 303 g/mol. The molecular weight excluding hydrogens is 290 g/mol. The van der Waals surface area contributed by atoms with Crippen molar-refractivity contribution in [3.63, 3.8) is 0 Å². The Morgan fingerprint density at radius 1 is 1.36 bits per heavy atom. The Morgan fingerprint density at radius 2 is 2.05 bits per heavy atom. The van der Waals surface area contributed by atoms with Crippen molar-refractivity contribution in [2.24, 2.45) is 5.10 Å². The van der Waals surface area contributed by atoms with Gasteiger partial charge in [-0.25, -0.2) is 5.43 Å². The van der Waals surface area contributed by atoms with Gasteiger partial charge in [0.2, 0.25) is 11.6 Å². The molecule has 1 aromatic heterocycles. The van der Waals surface area contributed by atoms with Crippen LogP contribution in [0.2, 0.25) is 0 Å². The number of rotatable bonds is 4. The normalized spacial score (nSPS) is 10.6. The number of amides is 2. The van der Waals surface area contributed by atoms with Gasteiger partial charge in [0.15, 0.2) is 0 Å². The second-order valence-electron chi connectivity index (χ2n) is 4.37. The number of carbonyl (C=O) groups excluding carboxylic acids is 2. The number of benzene rings is 1. The van der Waals surface area contributed by atoms with Crippen LogP contribution in [0, 0.1) is 12.1 Å². The summed E-state index contributed by atoms with van der Waals surface area (Å²) in [6.45, 7) is 2.82. The Kier molecular flexibility index (Phi) is 4.47. The first-order valence-electron chi connectivity index (χ1n) is 6.25. The molecule has 0 atom stereocenters. The summed E-state index contributed by atoms with van der Waals surface area (Å²) in [5.74, 6) is -0.811. The standard InChI is InChI=1S/C13H13N5O4/c1-8-12(17-22-18(8)21)13(20)16-14-7-10-3-5-11(6-4-10)15-9(2)19/h3-7H,1-2H3,(H,15,19)(H,16,20)/b14-7+. The number of hydrogen-bond acceptors (Lipinski definition) is 6.